The molecule has 0 fully saturated rings. The van der Waals surface area contributed by atoms with E-state index < -0.39 is 0 Å². The number of fused-ring (bicyclic) bond motifs is 1. The number of rotatable bonds is 6. The summed E-state index contributed by atoms with van der Waals surface area (Å²) in [5.74, 6) is 0.851. The maximum absolute atomic E-state index is 12.0. The maximum atomic E-state index is 12.0. The average molecular weight is 494 g/mol. The molecule has 28 heavy (non-hydrogen) atoms. The summed E-state index contributed by atoms with van der Waals surface area (Å²) in [6.45, 7) is 1.23. The van der Waals surface area contributed by atoms with Crippen molar-refractivity contribution in [2.45, 2.75) is 18.4 Å². The smallest absolute Gasteiger partial charge is 0.225 e. The van der Waals surface area contributed by atoms with Gasteiger partial charge in [0.15, 0.2) is 5.96 Å². The van der Waals surface area contributed by atoms with Gasteiger partial charge in [-0.3, -0.25) is 9.79 Å². The molecular formula is C21H27IN4O2. The van der Waals surface area contributed by atoms with E-state index in [0.717, 1.165) is 16.8 Å². The third-order valence-corrected chi connectivity index (χ3v) is 4.76. The summed E-state index contributed by atoms with van der Waals surface area (Å²) in [6, 6.07) is 18.0. The summed E-state index contributed by atoms with van der Waals surface area (Å²) >= 11 is 0. The Morgan fingerprint density at radius 1 is 1.18 bits per heavy atom. The Morgan fingerprint density at radius 2 is 1.89 bits per heavy atom. The van der Waals surface area contributed by atoms with Gasteiger partial charge in [0.2, 0.25) is 5.91 Å². The zero-order valence-electron chi connectivity index (χ0n) is 16.1. The van der Waals surface area contributed by atoms with Crippen molar-refractivity contribution in [1.29, 1.82) is 0 Å². The fourth-order valence-electron chi connectivity index (χ4n) is 3.32. The van der Waals surface area contributed by atoms with Crippen molar-refractivity contribution in [3.05, 3.63) is 65.7 Å². The molecule has 2 aromatic rings. The van der Waals surface area contributed by atoms with E-state index in [1.165, 1.54) is 0 Å². The second kappa shape index (κ2) is 11.0. The molecule has 7 heteroatoms. The molecule has 1 heterocycles. The number of aliphatic imine (C=N–C) groups is 1. The first kappa shape index (κ1) is 22.2. The Balaban J connectivity index is 0.00000280. The van der Waals surface area contributed by atoms with Crippen molar-refractivity contribution >= 4 is 41.5 Å². The van der Waals surface area contributed by atoms with Crippen LogP contribution in [0.1, 0.15) is 29.6 Å². The molecule has 3 N–H and O–H groups in total. The topological polar surface area (TPSA) is 74.8 Å². The van der Waals surface area contributed by atoms with Crippen LogP contribution in [0.15, 0.2) is 59.6 Å². The van der Waals surface area contributed by atoms with Gasteiger partial charge < -0.3 is 20.7 Å². The van der Waals surface area contributed by atoms with Gasteiger partial charge >= 0.3 is 0 Å². The normalized spacial score (nSPS) is 17.0. The van der Waals surface area contributed by atoms with Crippen LogP contribution in [0.5, 0.6) is 0 Å². The number of hydrogen-bond donors (Lipinski definition) is 3. The Morgan fingerprint density at radius 3 is 2.61 bits per heavy atom. The summed E-state index contributed by atoms with van der Waals surface area (Å²) < 4.78 is 5.59. The number of carbonyl (C=O) groups excluding carboxylic acids is 1. The molecule has 0 spiro atoms. The van der Waals surface area contributed by atoms with Crippen molar-refractivity contribution < 1.29 is 9.53 Å². The number of nitrogens with zero attached hydrogens (tertiary/aromatic N) is 1. The molecule has 150 valence electrons. The summed E-state index contributed by atoms with van der Waals surface area (Å²) in [5.41, 5.74) is 3.16. The third kappa shape index (κ3) is 5.68. The van der Waals surface area contributed by atoms with Crippen molar-refractivity contribution in [3.8, 4) is 0 Å². The molecule has 2 unspecified atom stereocenters. The molecule has 1 amide bonds. The Hall–Kier alpha value is -2.13. The van der Waals surface area contributed by atoms with Gasteiger partial charge in [-0.1, -0.05) is 48.5 Å². The molecule has 0 saturated carbocycles. The van der Waals surface area contributed by atoms with E-state index >= 15 is 0 Å². The molecule has 0 saturated heterocycles. The first-order valence-electron chi connectivity index (χ1n) is 9.12. The number of ether oxygens (including phenoxy) is 1. The van der Waals surface area contributed by atoms with Gasteiger partial charge in [-0.25, -0.2) is 0 Å². The number of amides is 1. The lowest BCUT2D eigenvalue weighted by Crippen LogP contribution is -2.42. The van der Waals surface area contributed by atoms with Crippen LogP contribution < -0.4 is 16.0 Å². The minimum Gasteiger partial charge on any atom is -0.375 e. The Kier molecular flexibility index (Phi) is 8.72. The molecule has 0 bridgehead atoms. The number of nitrogens with one attached hydrogen (secondary N) is 3. The molecule has 2 atom stereocenters. The minimum absolute atomic E-state index is 0. The molecule has 3 rings (SSSR count). The van der Waals surface area contributed by atoms with E-state index in [-0.39, 0.29) is 41.9 Å². The van der Waals surface area contributed by atoms with Crippen molar-refractivity contribution in [2.75, 3.05) is 32.6 Å². The Bertz CT molecular complexity index is 798. The molecule has 2 aromatic carbocycles. The van der Waals surface area contributed by atoms with Crippen LogP contribution >= 0.6 is 24.0 Å². The van der Waals surface area contributed by atoms with E-state index in [1.54, 1.807) is 14.2 Å². The van der Waals surface area contributed by atoms with Crippen LogP contribution in [-0.4, -0.2) is 39.1 Å². The maximum Gasteiger partial charge on any atom is 0.225 e. The van der Waals surface area contributed by atoms with Gasteiger partial charge in [-0.15, -0.1) is 24.0 Å². The highest BCUT2D eigenvalue weighted by Gasteiger charge is 2.24. The molecule has 0 radical (unpaired) electrons. The third-order valence-electron chi connectivity index (χ3n) is 4.76. The fourth-order valence-corrected chi connectivity index (χ4v) is 3.32. The van der Waals surface area contributed by atoms with Crippen LogP contribution in [0, 0.1) is 0 Å². The summed E-state index contributed by atoms with van der Waals surface area (Å²) in [5, 5.41) is 9.57. The lowest BCUT2D eigenvalue weighted by molar-refractivity contribution is -0.116. The minimum atomic E-state index is -0.0639. The number of anilines is 1. The van der Waals surface area contributed by atoms with E-state index in [2.05, 4.69) is 27.0 Å². The second-order valence-electron chi connectivity index (χ2n) is 6.51. The SMILES string of the molecule is CN=C(NCC1CC(=O)Nc2ccccc21)NCC(OC)c1ccccc1.I. The number of hydrogen-bond acceptors (Lipinski definition) is 3. The zero-order valence-corrected chi connectivity index (χ0v) is 18.5. The van der Waals surface area contributed by atoms with Crippen molar-refractivity contribution in [3.63, 3.8) is 0 Å². The molecule has 1 aliphatic rings. The molecular weight excluding hydrogens is 467 g/mol. The molecule has 1 aliphatic heterocycles. The lowest BCUT2D eigenvalue weighted by atomic mass is 9.90. The standard InChI is InChI=1S/C21H26N4O2.HI/c1-22-21(24-14-19(27-2)15-8-4-3-5-9-15)23-13-16-12-20(26)25-18-11-7-6-10-17(16)18;/h3-11,16,19H,12-14H2,1-2H3,(H,25,26)(H2,22,23,24);1H. The first-order chi connectivity index (χ1) is 13.2. The van der Waals surface area contributed by atoms with Gasteiger partial charge in [0.1, 0.15) is 0 Å². The molecule has 0 aromatic heterocycles. The van der Waals surface area contributed by atoms with Crippen molar-refractivity contribution in [2.24, 2.45) is 4.99 Å². The quantitative estimate of drug-likeness (QED) is 0.328. The van der Waals surface area contributed by atoms with Crippen molar-refractivity contribution in [1.82, 2.24) is 10.6 Å². The highest BCUT2D eigenvalue weighted by atomic mass is 127. The first-order valence-corrected chi connectivity index (χ1v) is 9.12. The largest absolute Gasteiger partial charge is 0.375 e. The van der Waals surface area contributed by atoms with Crippen LogP contribution in [0.25, 0.3) is 0 Å². The fraction of sp³-hybridized carbons (Fsp3) is 0.333. The van der Waals surface area contributed by atoms with E-state index in [1.807, 2.05) is 48.5 Å². The summed E-state index contributed by atoms with van der Waals surface area (Å²) in [6.07, 6.45) is 0.400. The van der Waals surface area contributed by atoms with Crippen LogP contribution in [0.2, 0.25) is 0 Å². The molecule has 0 aliphatic carbocycles. The lowest BCUT2D eigenvalue weighted by Gasteiger charge is -2.26. The number of halogens is 1. The predicted octanol–water partition coefficient (Wildman–Crippen LogP) is 3.28. The number of carbonyl (C=O) groups is 1. The summed E-state index contributed by atoms with van der Waals surface area (Å²) in [7, 11) is 3.44. The van der Waals surface area contributed by atoms with Gasteiger partial charge in [0.25, 0.3) is 0 Å². The van der Waals surface area contributed by atoms with Crippen LogP contribution in [-0.2, 0) is 9.53 Å². The van der Waals surface area contributed by atoms with Crippen LogP contribution in [0.3, 0.4) is 0 Å². The zero-order chi connectivity index (χ0) is 19.1. The van der Waals surface area contributed by atoms with E-state index in [4.69, 9.17) is 4.74 Å². The van der Waals surface area contributed by atoms with E-state index in [0.29, 0.717) is 25.5 Å². The highest BCUT2D eigenvalue weighted by Crippen LogP contribution is 2.31. The molecule has 6 nitrogen and oxygen atoms in total. The van der Waals surface area contributed by atoms with Gasteiger partial charge in [0.05, 0.1) is 6.10 Å². The number of guanidine groups is 1. The number of methoxy groups -OCH3 is 1. The van der Waals surface area contributed by atoms with Gasteiger partial charge in [0, 0.05) is 45.3 Å². The predicted molar refractivity (Wildman–Crippen MR) is 123 cm³/mol. The number of benzene rings is 2. The highest BCUT2D eigenvalue weighted by molar-refractivity contribution is 14.0. The number of para-hydroxylation sites is 1. The van der Waals surface area contributed by atoms with Gasteiger partial charge in [-0.05, 0) is 17.2 Å². The van der Waals surface area contributed by atoms with Crippen LogP contribution in [0.4, 0.5) is 5.69 Å². The average Bonchev–Trinajstić information content (AvgIpc) is 2.71. The summed E-state index contributed by atoms with van der Waals surface area (Å²) in [4.78, 5) is 16.2. The van der Waals surface area contributed by atoms with E-state index in [9.17, 15) is 4.79 Å². The second-order valence-corrected chi connectivity index (χ2v) is 6.51. The monoisotopic (exact) mass is 494 g/mol. The Labute approximate surface area is 183 Å². The van der Waals surface area contributed by atoms with Gasteiger partial charge in [-0.2, -0.15) is 0 Å².